The lowest BCUT2D eigenvalue weighted by Crippen LogP contribution is -3.07. The molecule has 2 N–H and O–H groups in total. The van der Waals surface area contributed by atoms with E-state index in [-0.39, 0.29) is 11.9 Å². The molecule has 136 valence electrons. The summed E-state index contributed by atoms with van der Waals surface area (Å²) in [7, 11) is 4.09. The van der Waals surface area contributed by atoms with Crippen molar-refractivity contribution in [2.45, 2.75) is 25.8 Å². The maximum absolute atomic E-state index is 12.0. The van der Waals surface area contributed by atoms with Gasteiger partial charge in [-0.2, -0.15) is 0 Å². The van der Waals surface area contributed by atoms with E-state index >= 15 is 0 Å². The Bertz CT molecular complexity index is 671. The van der Waals surface area contributed by atoms with Crippen LogP contribution < -0.4 is 15.0 Å². The van der Waals surface area contributed by atoms with E-state index in [1.807, 2.05) is 45.3 Å². The van der Waals surface area contributed by atoms with Gasteiger partial charge in [-0.15, -0.1) is 0 Å². The van der Waals surface area contributed by atoms with Gasteiger partial charge in [0.15, 0.2) is 11.8 Å². The summed E-state index contributed by atoms with van der Waals surface area (Å²) in [4.78, 5) is 13.2. The number of ether oxygens (including phenoxy) is 1. The largest absolute Gasteiger partial charge is 0.493 e. The lowest BCUT2D eigenvalue weighted by molar-refractivity contribution is -0.891. The predicted molar refractivity (Wildman–Crippen MR) is 98.2 cm³/mol. The van der Waals surface area contributed by atoms with Crippen LogP contribution in [0.3, 0.4) is 0 Å². The molecule has 0 unspecified atom stereocenters. The van der Waals surface area contributed by atoms with Crippen molar-refractivity contribution in [1.29, 1.82) is 0 Å². The Balaban J connectivity index is 1.70. The molecule has 1 aromatic carbocycles. The monoisotopic (exact) mass is 365 g/mol. The van der Waals surface area contributed by atoms with Gasteiger partial charge >= 0.3 is 0 Å². The number of quaternary nitrogens is 1. The van der Waals surface area contributed by atoms with E-state index in [9.17, 15) is 4.79 Å². The van der Waals surface area contributed by atoms with Gasteiger partial charge in [0.25, 0.3) is 0 Å². The molecule has 1 heterocycles. The molecule has 0 saturated carbocycles. The van der Waals surface area contributed by atoms with Crippen molar-refractivity contribution < 1.29 is 18.8 Å². The normalized spacial score (nSPS) is 12.2. The van der Waals surface area contributed by atoms with Crippen molar-refractivity contribution >= 4 is 17.5 Å². The highest BCUT2D eigenvalue weighted by molar-refractivity contribution is 6.30. The maximum atomic E-state index is 12.0. The molecule has 0 aliphatic carbocycles. The number of benzene rings is 1. The fraction of sp³-hybridized carbons (Fsp3) is 0.421. The number of amides is 1. The first kappa shape index (κ1) is 19.3. The van der Waals surface area contributed by atoms with E-state index in [0.29, 0.717) is 31.0 Å². The molecule has 1 amide bonds. The van der Waals surface area contributed by atoms with Crippen LogP contribution in [0.25, 0.3) is 0 Å². The summed E-state index contributed by atoms with van der Waals surface area (Å²) < 4.78 is 11.2. The molecule has 0 aliphatic rings. The van der Waals surface area contributed by atoms with Crippen LogP contribution in [0.1, 0.15) is 30.2 Å². The smallest absolute Gasteiger partial charge is 0.220 e. The highest BCUT2D eigenvalue weighted by atomic mass is 35.5. The summed E-state index contributed by atoms with van der Waals surface area (Å²) in [5.74, 6) is 1.70. The minimum Gasteiger partial charge on any atom is -0.493 e. The lowest BCUT2D eigenvalue weighted by atomic mass is 10.2. The number of carbonyl (C=O) groups is 1. The second-order valence-electron chi connectivity index (χ2n) is 6.31. The number of likely N-dealkylation sites (N-methyl/N-ethyl adjacent to an activating group) is 1. The molecule has 6 heteroatoms. The quantitative estimate of drug-likeness (QED) is 0.671. The third-order valence-electron chi connectivity index (χ3n) is 4.03. The molecule has 25 heavy (non-hydrogen) atoms. The van der Waals surface area contributed by atoms with Crippen LogP contribution in [0.2, 0.25) is 5.02 Å². The average molecular weight is 366 g/mol. The summed E-state index contributed by atoms with van der Waals surface area (Å²) in [6.07, 6.45) is 2.75. The topological polar surface area (TPSA) is 55.9 Å². The van der Waals surface area contributed by atoms with Crippen molar-refractivity contribution in [3.05, 3.63) is 52.9 Å². The Hall–Kier alpha value is -1.98. The fourth-order valence-electron chi connectivity index (χ4n) is 2.57. The fourth-order valence-corrected chi connectivity index (χ4v) is 2.80. The van der Waals surface area contributed by atoms with E-state index < -0.39 is 0 Å². The van der Waals surface area contributed by atoms with Gasteiger partial charge in [-0.1, -0.05) is 11.6 Å². The molecule has 2 rings (SSSR count). The Kier molecular flexibility index (Phi) is 7.34. The van der Waals surface area contributed by atoms with Crippen molar-refractivity contribution in [3.8, 4) is 5.75 Å². The molecule has 0 saturated heterocycles. The van der Waals surface area contributed by atoms with Crippen LogP contribution in [0, 0.1) is 6.92 Å². The Morgan fingerprint density at radius 1 is 1.36 bits per heavy atom. The van der Waals surface area contributed by atoms with Gasteiger partial charge in [0.1, 0.15) is 5.75 Å². The van der Waals surface area contributed by atoms with E-state index in [0.717, 1.165) is 17.1 Å². The molecule has 2 aromatic rings. The van der Waals surface area contributed by atoms with Gasteiger partial charge in [0.05, 0.1) is 33.5 Å². The summed E-state index contributed by atoms with van der Waals surface area (Å²) in [5, 5.41) is 3.67. The number of hydrogen-bond acceptors (Lipinski definition) is 3. The molecule has 1 atom stereocenters. The van der Waals surface area contributed by atoms with Gasteiger partial charge in [0.2, 0.25) is 5.91 Å². The summed E-state index contributed by atoms with van der Waals surface area (Å²) in [6, 6.07) is 9.42. The maximum Gasteiger partial charge on any atom is 0.220 e. The molecule has 5 nitrogen and oxygen atoms in total. The van der Waals surface area contributed by atoms with E-state index in [4.69, 9.17) is 20.8 Å². The number of rotatable bonds is 9. The van der Waals surface area contributed by atoms with Crippen LogP contribution in [0.15, 0.2) is 41.0 Å². The third kappa shape index (κ3) is 6.11. The van der Waals surface area contributed by atoms with Gasteiger partial charge in [-0.3, -0.25) is 4.79 Å². The average Bonchev–Trinajstić information content (AvgIpc) is 3.07. The van der Waals surface area contributed by atoms with Crippen LogP contribution in [-0.2, 0) is 4.79 Å². The molecule has 0 fully saturated rings. The minimum absolute atomic E-state index is 0.0224. The minimum atomic E-state index is 0.0224. The zero-order chi connectivity index (χ0) is 18.2. The summed E-state index contributed by atoms with van der Waals surface area (Å²) >= 11 is 5.92. The van der Waals surface area contributed by atoms with Crippen LogP contribution in [0.4, 0.5) is 0 Å². The van der Waals surface area contributed by atoms with E-state index in [2.05, 4.69) is 5.32 Å². The van der Waals surface area contributed by atoms with E-state index in [1.165, 1.54) is 4.90 Å². The van der Waals surface area contributed by atoms with E-state index in [1.54, 1.807) is 12.3 Å². The molecular weight excluding hydrogens is 340 g/mol. The number of furan rings is 1. The summed E-state index contributed by atoms with van der Waals surface area (Å²) in [6.45, 7) is 2.99. The van der Waals surface area contributed by atoms with Gasteiger partial charge in [-0.05, 0) is 49.2 Å². The third-order valence-corrected chi connectivity index (χ3v) is 4.26. The lowest BCUT2D eigenvalue weighted by Gasteiger charge is -2.19. The first-order valence-corrected chi connectivity index (χ1v) is 8.84. The van der Waals surface area contributed by atoms with Crippen LogP contribution >= 0.6 is 11.6 Å². The summed E-state index contributed by atoms with van der Waals surface area (Å²) in [5.41, 5.74) is 0.993. The van der Waals surface area contributed by atoms with Crippen LogP contribution in [0.5, 0.6) is 5.75 Å². The molecule has 0 spiro atoms. The first-order chi connectivity index (χ1) is 12.0. The van der Waals surface area contributed by atoms with Gasteiger partial charge in [0, 0.05) is 11.4 Å². The first-order valence-electron chi connectivity index (χ1n) is 8.46. The van der Waals surface area contributed by atoms with Gasteiger partial charge in [-0.25, -0.2) is 0 Å². The predicted octanol–water partition coefficient (Wildman–Crippen LogP) is 2.40. The number of aryl methyl sites for hydroxylation is 1. The Morgan fingerprint density at radius 3 is 2.80 bits per heavy atom. The number of nitrogens with one attached hydrogen (secondary N) is 2. The zero-order valence-corrected chi connectivity index (χ0v) is 15.7. The van der Waals surface area contributed by atoms with Crippen molar-refractivity contribution in [2.24, 2.45) is 0 Å². The highest BCUT2D eigenvalue weighted by Crippen LogP contribution is 2.21. The molecule has 0 bridgehead atoms. The van der Waals surface area contributed by atoms with Gasteiger partial charge < -0.3 is 19.4 Å². The van der Waals surface area contributed by atoms with Crippen molar-refractivity contribution in [3.63, 3.8) is 0 Å². The number of halogens is 1. The highest BCUT2D eigenvalue weighted by Gasteiger charge is 2.21. The zero-order valence-electron chi connectivity index (χ0n) is 15.0. The second kappa shape index (κ2) is 9.49. The Labute approximate surface area is 153 Å². The molecular formula is C19H26ClN2O3+. The SMILES string of the molecule is Cc1cc(Cl)ccc1OCCCC(=O)NC[C@@H](c1ccco1)[NH+](C)C. The van der Waals surface area contributed by atoms with Crippen molar-refractivity contribution in [1.82, 2.24) is 5.32 Å². The number of carbonyl (C=O) groups excluding carboxylic acids is 1. The van der Waals surface area contributed by atoms with Crippen LogP contribution in [-0.4, -0.2) is 33.2 Å². The second-order valence-corrected chi connectivity index (χ2v) is 6.75. The Morgan fingerprint density at radius 2 is 2.16 bits per heavy atom. The molecule has 0 radical (unpaired) electrons. The number of hydrogen-bond donors (Lipinski definition) is 2. The van der Waals surface area contributed by atoms with Crippen molar-refractivity contribution in [2.75, 3.05) is 27.2 Å². The molecule has 0 aliphatic heterocycles. The standard InChI is InChI=1S/C19H25ClN2O3/c1-14-12-15(20)8-9-17(14)24-11-5-7-19(23)21-13-16(22(2)3)18-6-4-10-25-18/h4,6,8-10,12,16H,5,7,11,13H2,1-3H3,(H,21,23)/p+1/t16-/m0/s1. The molecule has 1 aromatic heterocycles.